The summed E-state index contributed by atoms with van der Waals surface area (Å²) in [7, 11) is 0. The fourth-order valence-corrected chi connectivity index (χ4v) is 9.99. The fraction of sp³-hybridized carbons (Fsp3) is 0.794. The van der Waals surface area contributed by atoms with Crippen molar-refractivity contribution in [3.8, 4) is 0 Å². The van der Waals surface area contributed by atoms with Gasteiger partial charge in [0.25, 0.3) is 0 Å². The Bertz CT molecular complexity index is 901. The van der Waals surface area contributed by atoms with Gasteiger partial charge in [-0.25, -0.2) is 4.79 Å². The first-order valence-electron chi connectivity index (χ1n) is 15.6. The van der Waals surface area contributed by atoms with Crippen LogP contribution in [0.15, 0.2) is 23.8 Å². The average molecular weight is 525 g/mol. The van der Waals surface area contributed by atoms with Gasteiger partial charge < -0.3 is 9.90 Å². The molecule has 6 fully saturated rings. The standard InChI is InChI=1S/C20H32O2.C14H20O2/c1-16(2)18(22)19(3)13-9-6-10-14-20(19,15-21)17-11-7-4-5-8-12-17;1-9(13(15)16)5-14-6-10-2-11(7-14)4-12(3-10)8-14/h15,17H,1,4-14H2,2-3H3;5,10-12H,2-4,6-8H2,1H3,(H,15,16). The SMILES string of the molecule is C=C(C)C(=O)C1(C)CCCCCC1(C=O)C1CCCCCC1.CC(=CC12CC3CC(CC(C3)C1)C2)C(=O)O. The van der Waals surface area contributed by atoms with E-state index in [-0.39, 0.29) is 11.2 Å². The summed E-state index contributed by atoms with van der Waals surface area (Å²) in [6.07, 6.45) is 23.5. The van der Waals surface area contributed by atoms with E-state index >= 15 is 0 Å². The van der Waals surface area contributed by atoms with Gasteiger partial charge in [0.2, 0.25) is 0 Å². The lowest BCUT2D eigenvalue weighted by Crippen LogP contribution is -2.51. The number of carbonyl (C=O) groups is 3. The summed E-state index contributed by atoms with van der Waals surface area (Å²) in [6.45, 7) is 9.53. The second-order valence-electron chi connectivity index (χ2n) is 14.3. The normalized spacial score (nSPS) is 39.3. The van der Waals surface area contributed by atoms with E-state index in [2.05, 4.69) is 19.6 Å². The van der Waals surface area contributed by atoms with Crippen molar-refractivity contribution in [3.63, 3.8) is 0 Å². The Labute approximate surface area is 231 Å². The van der Waals surface area contributed by atoms with Crippen LogP contribution < -0.4 is 0 Å². The molecule has 0 saturated heterocycles. The molecule has 0 aromatic carbocycles. The summed E-state index contributed by atoms with van der Waals surface area (Å²) < 4.78 is 0. The van der Waals surface area contributed by atoms with E-state index in [4.69, 9.17) is 5.11 Å². The number of hydrogen-bond acceptors (Lipinski definition) is 3. The van der Waals surface area contributed by atoms with Crippen molar-refractivity contribution in [2.75, 3.05) is 0 Å². The van der Waals surface area contributed by atoms with Gasteiger partial charge in [0.05, 0.1) is 0 Å². The Morgan fingerprint density at radius 1 is 0.816 bits per heavy atom. The first-order valence-corrected chi connectivity index (χ1v) is 15.6. The average Bonchev–Trinajstić information content (AvgIpc) is 3.23. The van der Waals surface area contributed by atoms with Crippen molar-refractivity contribution in [2.45, 2.75) is 130 Å². The summed E-state index contributed by atoms with van der Waals surface area (Å²) in [5.74, 6) is 2.44. The summed E-state index contributed by atoms with van der Waals surface area (Å²) >= 11 is 0. The Kier molecular flexibility index (Phi) is 9.09. The molecule has 4 heteroatoms. The third kappa shape index (κ3) is 5.75. The molecular formula is C34H52O4. The zero-order valence-electron chi connectivity index (χ0n) is 24.4. The van der Waals surface area contributed by atoms with E-state index in [1.165, 1.54) is 70.5 Å². The predicted octanol–water partition coefficient (Wildman–Crippen LogP) is 8.49. The molecule has 0 aliphatic heterocycles. The number of ketones is 1. The summed E-state index contributed by atoms with van der Waals surface area (Å²) in [5.41, 5.74) is 0.416. The number of rotatable bonds is 6. The lowest BCUT2D eigenvalue weighted by molar-refractivity contribution is -0.146. The van der Waals surface area contributed by atoms with E-state index in [9.17, 15) is 14.4 Å². The number of carboxylic acid groups (broad SMARTS) is 1. The third-order valence-corrected chi connectivity index (χ3v) is 11.4. The number of aldehydes is 1. The minimum Gasteiger partial charge on any atom is -0.478 e. The highest BCUT2D eigenvalue weighted by Gasteiger charge is 2.56. The molecule has 0 heterocycles. The molecule has 6 aliphatic carbocycles. The molecule has 212 valence electrons. The first-order chi connectivity index (χ1) is 18.0. The molecule has 0 radical (unpaired) electrons. The predicted molar refractivity (Wildman–Crippen MR) is 153 cm³/mol. The highest BCUT2D eigenvalue weighted by molar-refractivity contribution is 6.01. The van der Waals surface area contributed by atoms with Crippen LogP contribution in [0.4, 0.5) is 0 Å². The van der Waals surface area contributed by atoms with Crippen LogP contribution in [0.3, 0.4) is 0 Å². The molecule has 2 atom stereocenters. The van der Waals surface area contributed by atoms with Gasteiger partial charge in [0, 0.05) is 16.4 Å². The third-order valence-electron chi connectivity index (χ3n) is 11.4. The number of allylic oxidation sites excluding steroid dienone is 2. The van der Waals surface area contributed by atoms with Crippen LogP contribution in [0.5, 0.6) is 0 Å². The molecule has 1 N–H and O–H groups in total. The van der Waals surface area contributed by atoms with Crippen molar-refractivity contribution < 1.29 is 19.5 Å². The first kappa shape index (κ1) is 29.3. The molecule has 4 bridgehead atoms. The van der Waals surface area contributed by atoms with E-state index in [1.54, 1.807) is 13.8 Å². The van der Waals surface area contributed by atoms with E-state index < -0.39 is 16.8 Å². The molecule has 6 aliphatic rings. The van der Waals surface area contributed by atoms with Gasteiger partial charge in [-0.2, -0.15) is 0 Å². The van der Waals surface area contributed by atoms with Crippen molar-refractivity contribution in [1.82, 2.24) is 0 Å². The number of aliphatic carboxylic acids is 1. The highest BCUT2D eigenvalue weighted by Crippen LogP contribution is 2.61. The van der Waals surface area contributed by atoms with Gasteiger partial charge in [-0.05, 0) is 113 Å². The van der Waals surface area contributed by atoms with Crippen LogP contribution in [-0.4, -0.2) is 23.1 Å². The quantitative estimate of drug-likeness (QED) is 0.215. The van der Waals surface area contributed by atoms with Crippen molar-refractivity contribution >= 4 is 18.0 Å². The van der Waals surface area contributed by atoms with Crippen molar-refractivity contribution in [1.29, 1.82) is 0 Å². The zero-order chi connectivity index (χ0) is 27.6. The fourth-order valence-electron chi connectivity index (χ4n) is 9.99. The van der Waals surface area contributed by atoms with Gasteiger partial charge in [0.1, 0.15) is 6.29 Å². The van der Waals surface area contributed by atoms with Crippen molar-refractivity contribution in [3.05, 3.63) is 23.8 Å². The van der Waals surface area contributed by atoms with Gasteiger partial charge >= 0.3 is 5.97 Å². The second kappa shape index (κ2) is 11.8. The lowest BCUT2D eigenvalue weighted by atomic mass is 9.49. The van der Waals surface area contributed by atoms with Crippen molar-refractivity contribution in [2.24, 2.45) is 39.9 Å². The zero-order valence-corrected chi connectivity index (χ0v) is 24.4. The molecule has 0 amide bonds. The van der Waals surface area contributed by atoms with Crippen LogP contribution in [-0.2, 0) is 14.4 Å². The largest absolute Gasteiger partial charge is 0.478 e. The molecule has 2 unspecified atom stereocenters. The number of carboxylic acids is 1. The van der Waals surface area contributed by atoms with Gasteiger partial charge in [-0.3, -0.25) is 4.79 Å². The maximum atomic E-state index is 13.0. The molecule has 0 aromatic rings. The van der Waals surface area contributed by atoms with Crippen LogP contribution in [0.25, 0.3) is 0 Å². The Balaban J connectivity index is 0.000000185. The summed E-state index contributed by atoms with van der Waals surface area (Å²) in [4.78, 5) is 36.4. The number of hydrogen-bond donors (Lipinski definition) is 1. The van der Waals surface area contributed by atoms with E-state index in [0.717, 1.165) is 62.7 Å². The topological polar surface area (TPSA) is 71.4 Å². The minimum atomic E-state index is -0.740. The minimum absolute atomic E-state index is 0.130. The Morgan fingerprint density at radius 3 is 1.79 bits per heavy atom. The molecule has 38 heavy (non-hydrogen) atoms. The summed E-state index contributed by atoms with van der Waals surface area (Å²) in [5, 5.41) is 9.02. The molecule has 4 nitrogen and oxygen atoms in total. The van der Waals surface area contributed by atoms with E-state index in [0.29, 0.717) is 17.1 Å². The molecular weight excluding hydrogens is 472 g/mol. The maximum Gasteiger partial charge on any atom is 0.330 e. The lowest BCUT2D eigenvalue weighted by Gasteiger charge is -2.56. The number of Topliss-reactive ketones (excluding diaryl/α,β-unsaturated/α-hetero) is 1. The van der Waals surface area contributed by atoms with Crippen LogP contribution >= 0.6 is 0 Å². The molecule has 0 aromatic heterocycles. The molecule has 0 spiro atoms. The Hall–Kier alpha value is -1.71. The van der Waals surface area contributed by atoms with Gasteiger partial charge in [-0.1, -0.05) is 64.5 Å². The highest BCUT2D eigenvalue weighted by atomic mass is 16.4. The van der Waals surface area contributed by atoms with Gasteiger partial charge in [-0.15, -0.1) is 0 Å². The molecule has 6 rings (SSSR count). The maximum absolute atomic E-state index is 13.0. The molecule has 6 saturated carbocycles. The van der Waals surface area contributed by atoms with Crippen LogP contribution in [0.2, 0.25) is 0 Å². The van der Waals surface area contributed by atoms with Gasteiger partial charge in [0.15, 0.2) is 5.78 Å². The monoisotopic (exact) mass is 524 g/mol. The van der Waals surface area contributed by atoms with Crippen LogP contribution in [0.1, 0.15) is 130 Å². The smallest absolute Gasteiger partial charge is 0.330 e. The van der Waals surface area contributed by atoms with E-state index in [1.807, 2.05) is 0 Å². The second-order valence-corrected chi connectivity index (χ2v) is 14.3. The van der Waals surface area contributed by atoms with Crippen LogP contribution in [0, 0.1) is 39.9 Å². The number of carbonyl (C=O) groups excluding carboxylic acids is 2. The summed E-state index contributed by atoms with van der Waals surface area (Å²) in [6, 6.07) is 0. The Morgan fingerprint density at radius 2 is 1.32 bits per heavy atom.